The molecule has 2 saturated heterocycles. The third-order valence-corrected chi connectivity index (χ3v) is 9.61. The van der Waals surface area contributed by atoms with Crippen molar-refractivity contribution in [3.8, 4) is 11.3 Å². The minimum absolute atomic E-state index is 0.00547. The van der Waals surface area contributed by atoms with Crippen molar-refractivity contribution in [3.63, 3.8) is 0 Å². The lowest BCUT2D eigenvalue weighted by molar-refractivity contribution is -0.149. The predicted octanol–water partition coefficient (Wildman–Crippen LogP) is 4.03. The zero-order chi connectivity index (χ0) is 25.2. The number of carbonyl (C=O) groups is 1. The predicted molar refractivity (Wildman–Crippen MR) is 133 cm³/mol. The molecular formula is C25H28Cl2F2N6O. The van der Waals surface area contributed by atoms with E-state index in [0.717, 1.165) is 0 Å². The summed E-state index contributed by atoms with van der Waals surface area (Å²) in [6, 6.07) is 3.50. The summed E-state index contributed by atoms with van der Waals surface area (Å²) in [4.78, 5) is 17.9. The van der Waals surface area contributed by atoms with Gasteiger partial charge in [0.25, 0.3) is 6.43 Å². The van der Waals surface area contributed by atoms with E-state index in [0.29, 0.717) is 55.7 Å². The van der Waals surface area contributed by atoms with E-state index in [9.17, 15) is 13.6 Å². The summed E-state index contributed by atoms with van der Waals surface area (Å²) in [6.45, 7) is 5.42. The smallest absolute Gasteiger partial charge is 0.280 e. The fourth-order valence-electron chi connectivity index (χ4n) is 6.80. The molecule has 0 bridgehead atoms. The van der Waals surface area contributed by atoms with Gasteiger partial charge in [0.05, 0.1) is 22.5 Å². The average Bonchev–Trinajstić information content (AvgIpc) is 3.43. The lowest BCUT2D eigenvalue weighted by Crippen LogP contribution is -2.63. The Bertz CT molecular complexity index is 1160. The van der Waals surface area contributed by atoms with Gasteiger partial charge in [-0.1, -0.05) is 6.58 Å². The van der Waals surface area contributed by atoms with E-state index in [1.807, 2.05) is 6.07 Å². The van der Waals surface area contributed by atoms with Crippen molar-refractivity contribution >= 4 is 29.1 Å². The molecular weight excluding hydrogens is 509 g/mol. The zero-order valence-electron chi connectivity index (χ0n) is 19.6. The molecule has 11 heteroatoms. The second kappa shape index (κ2) is 9.04. The molecule has 6 rings (SSSR count). The van der Waals surface area contributed by atoms with Gasteiger partial charge >= 0.3 is 0 Å². The number of hydrogen-bond acceptors (Lipinski definition) is 5. The Labute approximate surface area is 218 Å². The number of rotatable bonds is 5. The molecule has 2 saturated carbocycles. The summed E-state index contributed by atoms with van der Waals surface area (Å²) in [5, 5.41) is 3.94. The second-order valence-corrected chi connectivity index (χ2v) is 11.7. The largest absolute Gasteiger partial charge is 0.338 e. The number of aromatic nitrogens is 3. The molecule has 0 radical (unpaired) electrons. The fourth-order valence-corrected chi connectivity index (χ4v) is 7.56. The fraction of sp³-hybridized carbons (Fsp3) is 0.560. The van der Waals surface area contributed by atoms with Gasteiger partial charge in [-0.2, -0.15) is 5.10 Å². The molecule has 2 N–H and O–H groups in total. The van der Waals surface area contributed by atoms with Crippen molar-refractivity contribution in [2.75, 3.05) is 19.6 Å². The Morgan fingerprint density at radius 2 is 2.08 bits per heavy atom. The number of nitrogens with one attached hydrogen (secondary N) is 2. The molecule has 2 aliphatic carbocycles. The molecule has 5 atom stereocenters. The highest BCUT2D eigenvalue weighted by Gasteiger charge is 2.56. The maximum atomic E-state index is 14.9. The van der Waals surface area contributed by atoms with E-state index >= 15 is 0 Å². The highest BCUT2D eigenvalue weighted by molar-refractivity contribution is 6.30. The molecule has 36 heavy (non-hydrogen) atoms. The van der Waals surface area contributed by atoms with E-state index < -0.39 is 17.7 Å². The molecule has 2 aliphatic heterocycles. The van der Waals surface area contributed by atoms with Crippen LogP contribution in [0.4, 0.5) is 8.78 Å². The molecule has 2 aromatic heterocycles. The monoisotopic (exact) mass is 536 g/mol. The van der Waals surface area contributed by atoms with Crippen molar-refractivity contribution in [3.05, 3.63) is 48.4 Å². The summed E-state index contributed by atoms with van der Waals surface area (Å²) in [7, 11) is 0. The summed E-state index contributed by atoms with van der Waals surface area (Å²) in [6.07, 6.45) is 3.95. The number of likely N-dealkylation sites (tertiary alicyclic amines) is 1. The van der Waals surface area contributed by atoms with E-state index in [2.05, 4.69) is 22.4 Å². The van der Waals surface area contributed by atoms with Crippen LogP contribution in [-0.2, 0) is 4.79 Å². The third kappa shape index (κ3) is 3.78. The van der Waals surface area contributed by atoms with Gasteiger partial charge in [-0.05, 0) is 43.4 Å². The van der Waals surface area contributed by atoms with Crippen LogP contribution in [0, 0.1) is 11.3 Å². The number of amides is 1. The van der Waals surface area contributed by atoms with Crippen LogP contribution in [0.3, 0.4) is 0 Å². The van der Waals surface area contributed by atoms with Crippen LogP contribution in [0.1, 0.15) is 48.9 Å². The lowest BCUT2D eigenvalue weighted by Gasteiger charge is -2.58. The van der Waals surface area contributed by atoms with E-state index in [1.54, 1.807) is 23.4 Å². The normalized spacial score (nSPS) is 31.2. The third-order valence-electron chi connectivity index (χ3n) is 8.45. The van der Waals surface area contributed by atoms with Gasteiger partial charge in [0, 0.05) is 60.5 Å². The van der Waals surface area contributed by atoms with Crippen LogP contribution in [0.5, 0.6) is 0 Å². The molecule has 0 aromatic carbocycles. The molecule has 2 aromatic rings. The van der Waals surface area contributed by atoms with Gasteiger partial charge in [-0.25, -0.2) is 8.78 Å². The number of pyridine rings is 1. The summed E-state index contributed by atoms with van der Waals surface area (Å²) >= 11 is 13.6. The summed E-state index contributed by atoms with van der Waals surface area (Å²) in [5.41, 5.74) is 8.00. The van der Waals surface area contributed by atoms with E-state index in [1.165, 1.54) is 10.8 Å². The van der Waals surface area contributed by atoms with Crippen LogP contribution in [-0.4, -0.2) is 62.0 Å². The van der Waals surface area contributed by atoms with Crippen molar-refractivity contribution < 1.29 is 13.6 Å². The quantitative estimate of drug-likeness (QED) is 0.445. The van der Waals surface area contributed by atoms with Gasteiger partial charge < -0.3 is 4.90 Å². The van der Waals surface area contributed by atoms with Crippen LogP contribution >= 0.6 is 23.2 Å². The van der Waals surface area contributed by atoms with E-state index in [-0.39, 0.29) is 40.4 Å². The van der Waals surface area contributed by atoms with Crippen LogP contribution in [0.15, 0.2) is 37.2 Å². The molecule has 1 spiro atoms. The van der Waals surface area contributed by atoms with Gasteiger partial charge in [0.2, 0.25) is 5.91 Å². The SMILES string of the molecule is C=CC(=O)N1CC2(CC(n3nc(-c4cccnc4)c(C4C(Cl)C(Cl)CC5NNCC54)c3C(F)F)C2)C1. The number of hydrazine groups is 1. The highest BCUT2D eigenvalue weighted by Crippen LogP contribution is 2.56. The lowest BCUT2D eigenvalue weighted by atomic mass is 9.60. The summed E-state index contributed by atoms with van der Waals surface area (Å²) in [5.74, 6) is -0.486. The van der Waals surface area contributed by atoms with Crippen LogP contribution in [0.2, 0.25) is 0 Å². The molecule has 1 amide bonds. The minimum atomic E-state index is -2.73. The number of fused-ring (bicyclic) bond motifs is 1. The topological polar surface area (TPSA) is 75.1 Å². The van der Waals surface area contributed by atoms with Gasteiger partial charge in [-0.3, -0.25) is 25.3 Å². The first-order valence-electron chi connectivity index (χ1n) is 12.3. The number of carbonyl (C=O) groups excluding carboxylic acids is 1. The Hall–Kier alpha value is -2.07. The number of nitrogens with zero attached hydrogens (tertiary/aromatic N) is 4. The van der Waals surface area contributed by atoms with Crippen LogP contribution in [0.25, 0.3) is 11.3 Å². The van der Waals surface area contributed by atoms with Crippen molar-refractivity contribution in [1.29, 1.82) is 0 Å². The zero-order valence-corrected chi connectivity index (χ0v) is 21.1. The highest BCUT2D eigenvalue weighted by atomic mass is 35.5. The molecule has 7 nitrogen and oxygen atoms in total. The van der Waals surface area contributed by atoms with Gasteiger partial charge in [-0.15, -0.1) is 23.2 Å². The number of halogens is 4. The molecule has 192 valence electrons. The maximum Gasteiger partial charge on any atom is 0.280 e. The van der Waals surface area contributed by atoms with Gasteiger partial charge in [0.1, 0.15) is 5.69 Å². The van der Waals surface area contributed by atoms with E-state index in [4.69, 9.17) is 28.3 Å². The first-order valence-corrected chi connectivity index (χ1v) is 13.2. The Balaban J connectivity index is 1.41. The van der Waals surface area contributed by atoms with Crippen molar-refractivity contribution in [2.45, 2.75) is 54.4 Å². The average molecular weight is 537 g/mol. The molecule has 4 aliphatic rings. The molecule has 5 unspecified atom stereocenters. The van der Waals surface area contributed by atoms with Crippen molar-refractivity contribution in [2.24, 2.45) is 11.3 Å². The maximum absolute atomic E-state index is 14.9. The van der Waals surface area contributed by atoms with Gasteiger partial charge in [0.15, 0.2) is 0 Å². The molecule has 4 fully saturated rings. The first-order chi connectivity index (χ1) is 17.3. The number of hydrogen-bond donors (Lipinski definition) is 2. The summed E-state index contributed by atoms with van der Waals surface area (Å²) < 4.78 is 31.4. The Morgan fingerprint density at radius 1 is 1.31 bits per heavy atom. The van der Waals surface area contributed by atoms with Crippen LogP contribution < -0.4 is 10.9 Å². The number of alkyl halides is 4. The standard InChI is InChI=1S/C25H28Cl2F2N6O/c1-2-18(36)34-11-25(12-34)7-14(8-25)35-23(24(28)29)20(22(33-35)13-4-3-5-30-9-13)19-15-10-31-32-17(15)6-16(26)21(19)27/h2-5,9,14-17,19,21,24,31-32H,1,6-8,10-12H2. The Kier molecular flexibility index (Phi) is 6.10. The Morgan fingerprint density at radius 3 is 2.75 bits per heavy atom. The second-order valence-electron chi connectivity index (χ2n) is 10.6. The first kappa shape index (κ1) is 24.3. The van der Waals surface area contributed by atoms with Crippen molar-refractivity contribution in [1.82, 2.24) is 30.5 Å². The molecule has 4 heterocycles. The minimum Gasteiger partial charge on any atom is -0.338 e.